The van der Waals surface area contributed by atoms with Crippen LogP contribution in [0, 0.1) is 0 Å². The maximum Gasteiger partial charge on any atom is 0.416 e. The molecule has 21 heavy (non-hydrogen) atoms. The number of aromatic nitrogens is 2. The molecule has 0 spiro atoms. The molecule has 7 heteroatoms. The number of imidazole rings is 1. The van der Waals surface area contributed by atoms with Crippen molar-refractivity contribution in [2.75, 3.05) is 13.2 Å². The summed E-state index contributed by atoms with van der Waals surface area (Å²) in [4.78, 5) is 4.24. The number of fused-ring (bicyclic) bond motifs is 1. The predicted octanol–water partition coefficient (Wildman–Crippen LogP) is 4.39. The molecule has 2 rings (SSSR count). The van der Waals surface area contributed by atoms with Crippen LogP contribution in [0.25, 0.3) is 11.0 Å². The van der Waals surface area contributed by atoms with E-state index in [9.17, 15) is 13.2 Å². The van der Waals surface area contributed by atoms with Gasteiger partial charge >= 0.3 is 6.18 Å². The molecule has 1 atom stereocenters. The highest BCUT2D eigenvalue weighted by Gasteiger charge is 2.31. The van der Waals surface area contributed by atoms with E-state index in [1.807, 2.05) is 11.5 Å². The molecule has 0 saturated carbocycles. The fourth-order valence-corrected chi connectivity index (χ4v) is 2.33. The first kappa shape index (κ1) is 16.1. The zero-order chi connectivity index (χ0) is 15.6. The van der Waals surface area contributed by atoms with Gasteiger partial charge in [0.15, 0.2) is 0 Å². The normalized spacial score (nSPS) is 13.8. The lowest BCUT2D eigenvalue weighted by Crippen LogP contribution is -2.10. The molecule has 0 bridgehead atoms. The lowest BCUT2D eigenvalue weighted by Gasteiger charge is -2.11. The fourth-order valence-electron chi connectivity index (χ4n) is 2.16. The van der Waals surface area contributed by atoms with Crippen molar-refractivity contribution in [1.29, 1.82) is 0 Å². The van der Waals surface area contributed by atoms with E-state index in [4.69, 9.17) is 16.3 Å². The molecule has 0 fully saturated rings. The minimum absolute atomic E-state index is 0.295. The van der Waals surface area contributed by atoms with E-state index in [1.54, 1.807) is 6.92 Å². The summed E-state index contributed by atoms with van der Waals surface area (Å²) in [6, 6.07) is 3.54. The second-order valence-electron chi connectivity index (χ2n) is 4.64. The Morgan fingerprint density at radius 1 is 1.38 bits per heavy atom. The monoisotopic (exact) mass is 320 g/mol. The highest BCUT2D eigenvalue weighted by molar-refractivity contribution is 6.20. The number of nitrogens with zero attached hydrogens (tertiary/aromatic N) is 2. The van der Waals surface area contributed by atoms with Gasteiger partial charge in [0, 0.05) is 13.2 Å². The molecular weight excluding hydrogens is 305 g/mol. The van der Waals surface area contributed by atoms with E-state index >= 15 is 0 Å². The van der Waals surface area contributed by atoms with Crippen molar-refractivity contribution in [1.82, 2.24) is 9.55 Å². The summed E-state index contributed by atoms with van der Waals surface area (Å²) in [7, 11) is 0. The van der Waals surface area contributed by atoms with Crippen LogP contribution in [0.15, 0.2) is 18.2 Å². The van der Waals surface area contributed by atoms with Crippen LogP contribution < -0.4 is 0 Å². The first-order chi connectivity index (χ1) is 9.84. The Labute approximate surface area is 125 Å². The van der Waals surface area contributed by atoms with Gasteiger partial charge in [0.05, 0.1) is 28.6 Å². The fraction of sp³-hybridized carbons (Fsp3) is 0.500. The number of halogens is 4. The Bertz CT molecular complexity index is 622. The van der Waals surface area contributed by atoms with Gasteiger partial charge in [-0.15, -0.1) is 11.6 Å². The smallest absolute Gasteiger partial charge is 0.380 e. The minimum atomic E-state index is -4.38. The predicted molar refractivity (Wildman–Crippen MR) is 75.5 cm³/mol. The number of hydrogen-bond acceptors (Lipinski definition) is 2. The Kier molecular flexibility index (Phi) is 4.78. The summed E-state index contributed by atoms with van der Waals surface area (Å²) in [6.45, 7) is 5.16. The van der Waals surface area contributed by atoms with Crippen molar-refractivity contribution in [3.63, 3.8) is 0 Å². The maximum atomic E-state index is 12.7. The van der Waals surface area contributed by atoms with Crippen molar-refractivity contribution >= 4 is 22.6 Å². The Balaban J connectivity index is 2.47. The standard InChI is InChI=1S/C14H16ClF3N2O/c1-3-21-7-6-20-12-5-4-10(14(16,17)18)8-11(12)19-13(20)9(2)15/h4-5,8-9H,3,6-7H2,1-2H3. The third-order valence-corrected chi connectivity index (χ3v) is 3.32. The van der Waals surface area contributed by atoms with Gasteiger partial charge in [-0.25, -0.2) is 4.98 Å². The van der Waals surface area contributed by atoms with Gasteiger partial charge in [-0.3, -0.25) is 0 Å². The molecule has 0 radical (unpaired) electrons. The van der Waals surface area contributed by atoms with Gasteiger partial charge in [0.2, 0.25) is 0 Å². The molecule has 1 unspecified atom stereocenters. The minimum Gasteiger partial charge on any atom is -0.380 e. The third kappa shape index (κ3) is 3.49. The number of rotatable bonds is 5. The van der Waals surface area contributed by atoms with Crippen molar-refractivity contribution < 1.29 is 17.9 Å². The molecule has 0 amide bonds. The van der Waals surface area contributed by atoms with Crippen LogP contribution in [0.2, 0.25) is 0 Å². The van der Waals surface area contributed by atoms with Crippen LogP contribution >= 0.6 is 11.6 Å². The highest BCUT2D eigenvalue weighted by atomic mass is 35.5. The van der Waals surface area contributed by atoms with E-state index in [1.165, 1.54) is 6.07 Å². The van der Waals surface area contributed by atoms with Gasteiger partial charge in [-0.05, 0) is 32.0 Å². The molecule has 0 saturated heterocycles. The number of alkyl halides is 4. The zero-order valence-electron chi connectivity index (χ0n) is 11.7. The van der Waals surface area contributed by atoms with E-state index in [0.29, 0.717) is 36.6 Å². The summed E-state index contributed by atoms with van der Waals surface area (Å²) in [5.74, 6) is 0.547. The van der Waals surface area contributed by atoms with E-state index in [2.05, 4.69) is 4.98 Å². The number of benzene rings is 1. The molecule has 1 heterocycles. The van der Waals surface area contributed by atoms with Gasteiger partial charge in [0.1, 0.15) is 5.82 Å². The van der Waals surface area contributed by atoms with Gasteiger partial charge < -0.3 is 9.30 Å². The summed E-state index contributed by atoms with van der Waals surface area (Å²) in [5.41, 5.74) is 0.215. The topological polar surface area (TPSA) is 27.1 Å². The molecule has 116 valence electrons. The molecule has 0 aliphatic heterocycles. The van der Waals surface area contributed by atoms with Crippen LogP contribution in [-0.2, 0) is 17.5 Å². The Morgan fingerprint density at radius 3 is 2.67 bits per heavy atom. The van der Waals surface area contributed by atoms with Crippen LogP contribution in [-0.4, -0.2) is 22.8 Å². The average Bonchev–Trinajstić information content (AvgIpc) is 2.76. The summed E-state index contributed by atoms with van der Waals surface area (Å²) in [5, 5.41) is -0.395. The second kappa shape index (κ2) is 6.23. The van der Waals surface area contributed by atoms with Crippen LogP contribution in [0.3, 0.4) is 0 Å². The van der Waals surface area contributed by atoms with Gasteiger partial charge in [-0.2, -0.15) is 13.2 Å². The molecule has 0 aliphatic carbocycles. The first-order valence-corrected chi connectivity index (χ1v) is 7.07. The first-order valence-electron chi connectivity index (χ1n) is 6.63. The number of hydrogen-bond donors (Lipinski definition) is 0. The average molecular weight is 321 g/mol. The van der Waals surface area contributed by atoms with Crippen molar-refractivity contribution in [3.8, 4) is 0 Å². The third-order valence-electron chi connectivity index (χ3n) is 3.12. The molecule has 1 aromatic carbocycles. The molecule has 2 aromatic rings. The molecule has 0 aliphatic rings. The van der Waals surface area contributed by atoms with E-state index in [-0.39, 0.29) is 0 Å². The Hall–Kier alpha value is -1.27. The SMILES string of the molecule is CCOCCn1c(C(C)Cl)nc2cc(C(F)(F)F)ccc21. The van der Waals surface area contributed by atoms with Crippen LogP contribution in [0.4, 0.5) is 13.2 Å². The highest BCUT2D eigenvalue weighted by Crippen LogP contribution is 2.32. The molecule has 3 nitrogen and oxygen atoms in total. The quantitative estimate of drug-likeness (QED) is 0.603. The summed E-state index contributed by atoms with van der Waals surface area (Å²) in [6.07, 6.45) is -4.38. The lowest BCUT2D eigenvalue weighted by atomic mass is 10.2. The largest absolute Gasteiger partial charge is 0.416 e. The summed E-state index contributed by atoms with van der Waals surface area (Å²) >= 11 is 6.08. The van der Waals surface area contributed by atoms with Crippen LogP contribution in [0.5, 0.6) is 0 Å². The maximum absolute atomic E-state index is 12.7. The Morgan fingerprint density at radius 2 is 2.10 bits per heavy atom. The van der Waals surface area contributed by atoms with E-state index in [0.717, 1.165) is 12.1 Å². The molecule has 0 N–H and O–H groups in total. The van der Waals surface area contributed by atoms with E-state index < -0.39 is 17.1 Å². The molecule has 1 aromatic heterocycles. The van der Waals surface area contributed by atoms with Crippen molar-refractivity contribution in [2.24, 2.45) is 0 Å². The zero-order valence-corrected chi connectivity index (χ0v) is 12.5. The van der Waals surface area contributed by atoms with Crippen LogP contribution in [0.1, 0.15) is 30.6 Å². The molecular formula is C14H16ClF3N2O. The van der Waals surface area contributed by atoms with Crippen molar-refractivity contribution in [2.45, 2.75) is 31.9 Å². The lowest BCUT2D eigenvalue weighted by molar-refractivity contribution is -0.137. The van der Waals surface area contributed by atoms with Gasteiger partial charge in [-0.1, -0.05) is 0 Å². The summed E-state index contributed by atoms with van der Waals surface area (Å²) < 4.78 is 45.4. The number of ether oxygens (including phenoxy) is 1. The van der Waals surface area contributed by atoms with Crippen molar-refractivity contribution in [3.05, 3.63) is 29.6 Å². The second-order valence-corrected chi connectivity index (χ2v) is 5.29. The van der Waals surface area contributed by atoms with Gasteiger partial charge in [0.25, 0.3) is 0 Å².